The minimum absolute atomic E-state index is 0. The van der Waals surface area contributed by atoms with Crippen LogP contribution in [0.2, 0.25) is 0 Å². The summed E-state index contributed by atoms with van der Waals surface area (Å²) in [6, 6.07) is 0. The second-order valence-corrected chi connectivity index (χ2v) is 1.52. The number of aromatic nitrogens is 4. The number of aromatic amines is 2. The van der Waals surface area contributed by atoms with Crippen LogP contribution in [0, 0.1) is 0 Å². The maximum atomic E-state index is 3.67. The van der Waals surface area contributed by atoms with Gasteiger partial charge in [0.25, 0.3) is 0 Å². The molecule has 0 saturated heterocycles. The molecule has 2 aromatic rings. The minimum atomic E-state index is 0. The Hall–Kier alpha value is 0.420. The Bertz CT molecular complexity index is 157. The summed E-state index contributed by atoms with van der Waals surface area (Å²) in [5.41, 5.74) is 0. The molecule has 54 valence electrons. The molecule has 2 radical (unpaired) electrons. The summed E-state index contributed by atoms with van der Waals surface area (Å²) in [6.45, 7) is 0. The monoisotopic (exact) mass is 182 g/mol. The van der Waals surface area contributed by atoms with Gasteiger partial charge in [-0.25, -0.2) is 9.97 Å². The standard InChI is InChI=1S/2C3H4N2.2Na/c2*1-2-5-3-4-1;;/h2*1-3H,(H,4,5);;. The zero-order chi connectivity index (χ0) is 7.07. The molecule has 2 aromatic heterocycles. The Morgan fingerprint density at radius 3 is 1.25 bits per heavy atom. The molecule has 6 heteroatoms. The Kier molecular flexibility index (Phi) is 14.2. The van der Waals surface area contributed by atoms with Gasteiger partial charge in [-0.15, -0.1) is 0 Å². The Morgan fingerprint density at radius 2 is 1.17 bits per heavy atom. The molecule has 12 heavy (non-hydrogen) atoms. The predicted octanol–water partition coefficient (Wildman–Crippen LogP) is 0.0578. The van der Waals surface area contributed by atoms with E-state index in [9.17, 15) is 0 Å². The molecule has 2 N–H and O–H groups in total. The first-order chi connectivity index (χ1) is 5.00. The van der Waals surface area contributed by atoms with E-state index in [0.717, 1.165) is 0 Å². The van der Waals surface area contributed by atoms with Crippen LogP contribution < -0.4 is 0 Å². The van der Waals surface area contributed by atoms with E-state index >= 15 is 0 Å². The number of hydrogen-bond donors (Lipinski definition) is 2. The van der Waals surface area contributed by atoms with Crippen LogP contribution in [0.15, 0.2) is 37.4 Å². The van der Waals surface area contributed by atoms with Crippen molar-refractivity contribution < 1.29 is 0 Å². The van der Waals surface area contributed by atoms with E-state index in [-0.39, 0.29) is 59.1 Å². The van der Waals surface area contributed by atoms with Crippen LogP contribution >= 0.6 is 0 Å². The smallest absolute Gasteiger partial charge is 0.0919 e. The van der Waals surface area contributed by atoms with E-state index in [4.69, 9.17) is 0 Å². The van der Waals surface area contributed by atoms with Gasteiger partial charge in [-0.2, -0.15) is 0 Å². The summed E-state index contributed by atoms with van der Waals surface area (Å²) in [6.07, 6.45) is 10.2. The fraction of sp³-hybridized carbons (Fsp3) is 0. The first kappa shape index (κ1) is 14.9. The van der Waals surface area contributed by atoms with Gasteiger partial charge in [0, 0.05) is 83.9 Å². The topological polar surface area (TPSA) is 57.4 Å². The van der Waals surface area contributed by atoms with Crippen LogP contribution in [0.1, 0.15) is 0 Å². The molecule has 0 aliphatic rings. The van der Waals surface area contributed by atoms with E-state index in [1.165, 1.54) is 0 Å². The molecule has 0 atom stereocenters. The quantitative estimate of drug-likeness (QED) is 0.566. The first-order valence-electron chi connectivity index (χ1n) is 2.85. The maximum Gasteiger partial charge on any atom is 0.0919 e. The fourth-order valence-corrected chi connectivity index (χ4v) is 0.430. The Morgan fingerprint density at radius 1 is 0.750 bits per heavy atom. The van der Waals surface area contributed by atoms with Crippen molar-refractivity contribution in [1.29, 1.82) is 0 Å². The van der Waals surface area contributed by atoms with Gasteiger partial charge in [0.1, 0.15) is 0 Å². The molecule has 0 fully saturated rings. The van der Waals surface area contributed by atoms with Gasteiger partial charge < -0.3 is 9.97 Å². The van der Waals surface area contributed by atoms with Gasteiger partial charge >= 0.3 is 0 Å². The summed E-state index contributed by atoms with van der Waals surface area (Å²) in [5.74, 6) is 0. The molecule has 0 bridgehead atoms. The number of imidazole rings is 2. The van der Waals surface area contributed by atoms with Crippen LogP contribution in [0.25, 0.3) is 0 Å². The molecular formula is C6H8N4Na2. The van der Waals surface area contributed by atoms with Crippen molar-refractivity contribution in [3.8, 4) is 0 Å². The molecule has 0 aromatic carbocycles. The molecule has 0 saturated carbocycles. The largest absolute Gasteiger partial charge is 0.351 e. The zero-order valence-corrected chi connectivity index (χ0v) is 11.4. The fourth-order valence-electron chi connectivity index (χ4n) is 0.430. The number of nitrogens with one attached hydrogen (secondary N) is 2. The van der Waals surface area contributed by atoms with Crippen LogP contribution in [-0.4, -0.2) is 79.1 Å². The summed E-state index contributed by atoms with van der Waals surface area (Å²) in [5, 5.41) is 0. The molecule has 0 aliphatic heterocycles. The second kappa shape index (κ2) is 11.4. The van der Waals surface area contributed by atoms with E-state index in [1.807, 2.05) is 0 Å². The molecular weight excluding hydrogens is 174 g/mol. The number of rotatable bonds is 0. The van der Waals surface area contributed by atoms with Crippen molar-refractivity contribution in [3.63, 3.8) is 0 Å². The van der Waals surface area contributed by atoms with Crippen molar-refractivity contribution in [1.82, 2.24) is 19.9 Å². The zero-order valence-electron chi connectivity index (χ0n) is 7.36. The van der Waals surface area contributed by atoms with Crippen LogP contribution in [-0.2, 0) is 0 Å². The molecule has 2 rings (SSSR count). The van der Waals surface area contributed by atoms with Crippen molar-refractivity contribution in [2.24, 2.45) is 0 Å². The van der Waals surface area contributed by atoms with Crippen molar-refractivity contribution in [3.05, 3.63) is 37.4 Å². The summed E-state index contributed by atoms with van der Waals surface area (Å²) in [4.78, 5) is 12.8. The van der Waals surface area contributed by atoms with E-state index < -0.39 is 0 Å². The van der Waals surface area contributed by atoms with Gasteiger partial charge in [-0.1, -0.05) is 0 Å². The molecule has 0 unspecified atom stereocenters. The van der Waals surface area contributed by atoms with E-state index in [0.29, 0.717) is 0 Å². The van der Waals surface area contributed by atoms with Crippen molar-refractivity contribution in [2.75, 3.05) is 0 Å². The predicted molar refractivity (Wildman–Crippen MR) is 48.7 cm³/mol. The molecule has 2 heterocycles. The van der Waals surface area contributed by atoms with Crippen LogP contribution in [0.3, 0.4) is 0 Å². The molecule has 0 spiro atoms. The van der Waals surface area contributed by atoms with Crippen molar-refractivity contribution in [2.45, 2.75) is 0 Å². The van der Waals surface area contributed by atoms with E-state index in [2.05, 4.69) is 19.9 Å². The van der Waals surface area contributed by atoms with E-state index in [1.54, 1.807) is 37.4 Å². The maximum absolute atomic E-state index is 3.67. The number of nitrogens with zero attached hydrogens (tertiary/aromatic N) is 2. The third-order valence-electron chi connectivity index (χ3n) is 0.812. The first-order valence-corrected chi connectivity index (χ1v) is 2.85. The Balaban J connectivity index is 0. The van der Waals surface area contributed by atoms with Gasteiger partial charge in [-0.3, -0.25) is 0 Å². The Labute approximate surface area is 115 Å². The minimum Gasteiger partial charge on any atom is -0.351 e. The van der Waals surface area contributed by atoms with Crippen molar-refractivity contribution >= 4 is 59.1 Å². The number of H-pyrrole nitrogens is 2. The van der Waals surface area contributed by atoms with Crippen LogP contribution in [0.5, 0.6) is 0 Å². The number of hydrogen-bond acceptors (Lipinski definition) is 2. The molecule has 0 amide bonds. The summed E-state index contributed by atoms with van der Waals surface area (Å²) >= 11 is 0. The average molecular weight is 182 g/mol. The summed E-state index contributed by atoms with van der Waals surface area (Å²) < 4.78 is 0. The van der Waals surface area contributed by atoms with Gasteiger partial charge in [-0.05, 0) is 0 Å². The third-order valence-corrected chi connectivity index (χ3v) is 0.812. The SMILES string of the molecule is [Na].[Na].c1c[nH]cn1.c1c[nH]cn1. The summed E-state index contributed by atoms with van der Waals surface area (Å²) in [7, 11) is 0. The third kappa shape index (κ3) is 8.52. The van der Waals surface area contributed by atoms with Gasteiger partial charge in [0.05, 0.1) is 12.7 Å². The van der Waals surface area contributed by atoms with Gasteiger partial charge in [0.15, 0.2) is 0 Å². The van der Waals surface area contributed by atoms with Gasteiger partial charge in [0.2, 0.25) is 0 Å². The normalized spacial score (nSPS) is 6.67. The second-order valence-electron chi connectivity index (χ2n) is 1.52. The van der Waals surface area contributed by atoms with Crippen LogP contribution in [0.4, 0.5) is 0 Å². The molecule has 0 aliphatic carbocycles. The average Bonchev–Trinajstić information content (AvgIpc) is 2.67. The molecule has 4 nitrogen and oxygen atoms in total.